The second-order valence-electron chi connectivity index (χ2n) is 3.75. The van der Waals surface area contributed by atoms with Gasteiger partial charge >= 0.3 is 5.69 Å². The van der Waals surface area contributed by atoms with Crippen molar-refractivity contribution in [1.82, 2.24) is 9.55 Å². The normalized spacial score (nSPS) is 10.4. The van der Waals surface area contributed by atoms with Crippen LogP contribution in [-0.2, 0) is 7.05 Å². The molecule has 0 aliphatic carbocycles. The number of rotatable bonds is 1. The lowest BCUT2D eigenvalue weighted by Crippen LogP contribution is -2.21. The van der Waals surface area contributed by atoms with Crippen LogP contribution in [0.2, 0.25) is 0 Å². The molecule has 4 heteroatoms. The Morgan fingerprint density at radius 3 is 2.50 bits per heavy atom. The highest BCUT2D eigenvalue weighted by Crippen LogP contribution is 2.17. The van der Waals surface area contributed by atoms with Crippen LogP contribution in [0.25, 0.3) is 11.3 Å². The molecule has 0 saturated heterocycles. The topological polar surface area (TPSA) is 37.8 Å². The van der Waals surface area contributed by atoms with Crippen LogP contribution in [0.15, 0.2) is 35.1 Å². The van der Waals surface area contributed by atoms with E-state index in [-0.39, 0.29) is 5.69 Å². The number of aryl methyl sites for hydroxylation is 1. The van der Waals surface area contributed by atoms with Crippen LogP contribution in [-0.4, -0.2) is 9.55 Å². The summed E-state index contributed by atoms with van der Waals surface area (Å²) in [6, 6.07) is 9.79. The predicted molar refractivity (Wildman–Crippen MR) is 67.0 cm³/mol. The average Bonchev–Trinajstić information content (AvgIpc) is 2.25. The summed E-state index contributed by atoms with van der Waals surface area (Å²) in [5.41, 5.74) is 2.82. The van der Waals surface area contributed by atoms with Gasteiger partial charge in [-0.15, -0.1) is 0 Å². The van der Waals surface area contributed by atoms with Gasteiger partial charge in [0.1, 0.15) is 4.64 Å². The van der Waals surface area contributed by atoms with Gasteiger partial charge in [0.2, 0.25) is 0 Å². The van der Waals surface area contributed by atoms with Crippen molar-refractivity contribution in [3.63, 3.8) is 0 Å². The van der Waals surface area contributed by atoms with Gasteiger partial charge in [0.25, 0.3) is 0 Å². The van der Waals surface area contributed by atoms with Gasteiger partial charge < -0.3 is 0 Å². The highest BCUT2D eigenvalue weighted by Gasteiger charge is 2.03. The lowest BCUT2D eigenvalue weighted by atomic mass is 10.1. The Labute approximate surface area is 98.4 Å². The van der Waals surface area contributed by atoms with Crippen molar-refractivity contribution in [3.05, 3.63) is 51.0 Å². The lowest BCUT2D eigenvalue weighted by Gasteiger charge is -2.07. The zero-order chi connectivity index (χ0) is 11.7. The monoisotopic (exact) mass is 232 g/mol. The molecule has 2 rings (SSSR count). The fourth-order valence-corrected chi connectivity index (χ4v) is 1.76. The van der Waals surface area contributed by atoms with E-state index in [0.717, 1.165) is 11.3 Å². The molecule has 0 aliphatic rings. The third-order valence-corrected chi connectivity index (χ3v) is 2.73. The Bertz CT molecular complexity index is 623. The molecule has 3 nitrogen and oxygen atoms in total. The molecule has 0 radical (unpaired) electrons. The quantitative estimate of drug-likeness (QED) is 0.767. The molecule has 2 aromatic rings. The van der Waals surface area contributed by atoms with Gasteiger partial charge in [-0.2, -0.15) is 0 Å². The summed E-state index contributed by atoms with van der Waals surface area (Å²) in [6.45, 7) is 2.03. The van der Waals surface area contributed by atoms with Crippen LogP contribution < -0.4 is 5.69 Å². The fraction of sp³-hybridized carbons (Fsp3) is 0.167. The highest BCUT2D eigenvalue weighted by molar-refractivity contribution is 7.71. The number of hydrogen-bond donors (Lipinski definition) is 1. The predicted octanol–water partition coefficient (Wildman–Crippen LogP) is 2.42. The van der Waals surface area contributed by atoms with Crippen LogP contribution in [0.4, 0.5) is 0 Å². The molecule has 1 aromatic carbocycles. The number of nitrogens with one attached hydrogen (secondary N) is 1. The summed E-state index contributed by atoms with van der Waals surface area (Å²) < 4.78 is 2.01. The average molecular weight is 232 g/mol. The molecule has 0 fully saturated rings. The number of aromatic amines is 1. The van der Waals surface area contributed by atoms with Gasteiger partial charge in [0.15, 0.2) is 0 Å². The molecule has 1 N–H and O–H groups in total. The Morgan fingerprint density at radius 1 is 1.25 bits per heavy atom. The maximum absolute atomic E-state index is 11.5. The first-order valence-electron chi connectivity index (χ1n) is 4.95. The Kier molecular flexibility index (Phi) is 2.75. The van der Waals surface area contributed by atoms with E-state index in [1.165, 1.54) is 5.56 Å². The van der Waals surface area contributed by atoms with Crippen molar-refractivity contribution < 1.29 is 0 Å². The minimum atomic E-state index is -0.192. The molecule has 0 saturated carbocycles. The summed E-state index contributed by atoms with van der Waals surface area (Å²) in [5.74, 6) is 0. The smallest absolute Gasteiger partial charge is 0.298 e. The molecule has 0 bridgehead atoms. The molecule has 0 amide bonds. The van der Waals surface area contributed by atoms with Crippen molar-refractivity contribution in [2.24, 2.45) is 7.05 Å². The van der Waals surface area contributed by atoms with Crippen LogP contribution >= 0.6 is 12.2 Å². The van der Waals surface area contributed by atoms with Crippen LogP contribution in [0.1, 0.15) is 5.56 Å². The third-order valence-electron chi connectivity index (χ3n) is 2.51. The molecule has 0 spiro atoms. The van der Waals surface area contributed by atoms with E-state index >= 15 is 0 Å². The molecule has 0 unspecified atom stereocenters. The van der Waals surface area contributed by atoms with Crippen LogP contribution in [0, 0.1) is 11.6 Å². The van der Waals surface area contributed by atoms with Gasteiger partial charge in [0.05, 0.1) is 5.69 Å². The zero-order valence-electron chi connectivity index (χ0n) is 9.15. The van der Waals surface area contributed by atoms with Gasteiger partial charge in [-0.05, 0) is 18.6 Å². The van der Waals surface area contributed by atoms with Crippen molar-refractivity contribution in [3.8, 4) is 11.3 Å². The Hall–Kier alpha value is -1.68. The van der Waals surface area contributed by atoms with Gasteiger partial charge in [-0.3, -0.25) is 9.55 Å². The van der Waals surface area contributed by atoms with Crippen molar-refractivity contribution in [2.45, 2.75) is 6.92 Å². The number of hydrogen-bond acceptors (Lipinski definition) is 2. The molecule has 1 aromatic heterocycles. The Balaban J connectivity index is 2.69. The SMILES string of the molecule is Cc1ccc(-c2cc(=S)[nH]c(=O)n2C)cc1. The molecule has 16 heavy (non-hydrogen) atoms. The van der Waals surface area contributed by atoms with E-state index in [2.05, 4.69) is 4.98 Å². The van der Waals surface area contributed by atoms with E-state index in [1.54, 1.807) is 17.7 Å². The zero-order valence-corrected chi connectivity index (χ0v) is 9.97. The first kappa shape index (κ1) is 10.8. The fourth-order valence-electron chi connectivity index (χ4n) is 1.56. The molecular formula is C12H12N2OS. The van der Waals surface area contributed by atoms with Crippen molar-refractivity contribution >= 4 is 12.2 Å². The van der Waals surface area contributed by atoms with Crippen molar-refractivity contribution in [2.75, 3.05) is 0 Å². The summed E-state index contributed by atoms with van der Waals surface area (Å²) >= 11 is 5.00. The Morgan fingerprint density at radius 2 is 1.88 bits per heavy atom. The third kappa shape index (κ3) is 1.97. The summed E-state index contributed by atoms with van der Waals surface area (Å²) in [6.07, 6.45) is 0. The van der Waals surface area contributed by atoms with E-state index in [1.807, 2.05) is 31.2 Å². The second-order valence-corrected chi connectivity index (χ2v) is 4.19. The minimum Gasteiger partial charge on any atom is -0.298 e. The van der Waals surface area contributed by atoms with Gasteiger partial charge in [0, 0.05) is 7.05 Å². The highest BCUT2D eigenvalue weighted by atomic mass is 32.1. The minimum absolute atomic E-state index is 0.192. The van der Waals surface area contributed by atoms with E-state index in [4.69, 9.17) is 12.2 Å². The first-order valence-corrected chi connectivity index (χ1v) is 5.36. The lowest BCUT2D eigenvalue weighted by molar-refractivity contribution is 0.816. The largest absolute Gasteiger partial charge is 0.326 e. The maximum atomic E-state index is 11.5. The number of nitrogens with zero attached hydrogens (tertiary/aromatic N) is 1. The molecule has 82 valence electrons. The summed E-state index contributed by atoms with van der Waals surface area (Å²) in [7, 11) is 1.72. The van der Waals surface area contributed by atoms with Gasteiger partial charge in [-0.25, -0.2) is 4.79 Å². The van der Waals surface area contributed by atoms with Gasteiger partial charge in [-0.1, -0.05) is 42.0 Å². The van der Waals surface area contributed by atoms with E-state index in [0.29, 0.717) is 4.64 Å². The van der Waals surface area contributed by atoms with Crippen molar-refractivity contribution in [1.29, 1.82) is 0 Å². The number of H-pyrrole nitrogens is 1. The summed E-state index contributed by atoms with van der Waals surface area (Å²) in [5, 5.41) is 0. The van der Waals surface area contributed by atoms with E-state index in [9.17, 15) is 4.79 Å². The van der Waals surface area contributed by atoms with E-state index < -0.39 is 0 Å². The second kappa shape index (κ2) is 4.06. The number of benzene rings is 1. The molecular weight excluding hydrogens is 220 g/mol. The summed E-state index contributed by atoms with van der Waals surface area (Å²) in [4.78, 5) is 14.1. The number of aromatic nitrogens is 2. The first-order chi connectivity index (χ1) is 7.58. The van der Waals surface area contributed by atoms with Crippen LogP contribution in [0.3, 0.4) is 0 Å². The molecule has 0 atom stereocenters. The van der Waals surface area contributed by atoms with Crippen LogP contribution in [0.5, 0.6) is 0 Å². The standard InChI is InChI=1S/C12H12N2OS/c1-8-3-5-9(6-4-8)10-7-11(16)13-12(15)14(10)2/h3-7H,1-2H3,(H,13,15,16). The maximum Gasteiger partial charge on any atom is 0.326 e. The molecule has 0 aliphatic heterocycles. The molecule has 1 heterocycles.